The standard InChI is InChI=1S/C15H16Cl2N2O2S/c1-7(2)12-10(14(20)21-3)13(19-15(22)18-12)8-5-4-6-9(16)11(8)17/h4-7,13H,1-3H3,(H2,18,19,22)/t13-/m0/s1. The second-order valence-electron chi connectivity index (χ2n) is 5.15. The highest BCUT2D eigenvalue weighted by Gasteiger charge is 2.34. The van der Waals surface area contributed by atoms with E-state index in [0.717, 1.165) is 5.70 Å². The maximum atomic E-state index is 12.3. The van der Waals surface area contributed by atoms with Gasteiger partial charge in [0, 0.05) is 5.70 Å². The van der Waals surface area contributed by atoms with E-state index in [2.05, 4.69) is 10.6 Å². The van der Waals surface area contributed by atoms with Gasteiger partial charge in [-0.1, -0.05) is 49.2 Å². The molecule has 118 valence electrons. The van der Waals surface area contributed by atoms with Gasteiger partial charge in [-0.25, -0.2) is 4.79 Å². The molecule has 1 aliphatic heterocycles. The van der Waals surface area contributed by atoms with Gasteiger partial charge in [-0.15, -0.1) is 0 Å². The molecule has 1 heterocycles. The van der Waals surface area contributed by atoms with Gasteiger partial charge in [0.05, 0.1) is 28.8 Å². The molecule has 1 aromatic rings. The predicted molar refractivity (Wildman–Crippen MR) is 92.0 cm³/mol. The van der Waals surface area contributed by atoms with Gasteiger partial charge in [0.1, 0.15) is 0 Å². The number of allylic oxidation sites excluding steroid dienone is 1. The normalized spacial score (nSPS) is 18.1. The first-order valence-electron chi connectivity index (χ1n) is 6.70. The summed E-state index contributed by atoms with van der Waals surface area (Å²) in [5, 5.41) is 7.34. The van der Waals surface area contributed by atoms with Gasteiger partial charge in [-0.2, -0.15) is 0 Å². The van der Waals surface area contributed by atoms with Crippen LogP contribution in [0.2, 0.25) is 10.0 Å². The molecule has 0 saturated heterocycles. The molecule has 4 nitrogen and oxygen atoms in total. The van der Waals surface area contributed by atoms with Crippen LogP contribution in [0, 0.1) is 5.92 Å². The van der Waals surface area contributed by atoms with Gasteiger partial charge in [-0.05, 0) is 29.8 Å². The Balaban J connectivity index is 2.65. The fourth-order valence-electron chi connectivity index (χ4n) is 2.35. The number of nitrogens with one attached hydrogen (secondary N) is 2. The largest absolute Gasteiger partial charge is 0.466 e. The van der Waals surface area contributed by atoms with Gasteiger partial charge in [0.25, 0.3) is 0 Å². The zero-order valence-corrected chi connectivity index (χ0v) is 14.7. The quantitative estimate of drug-likeness (QED) is 0.638. The third-order valence-corrected chi connectivity index (χ3v) is 4.43. The summed E-state index contributed by atoms with van der Waals surface area (Å²) in [6.45, 7) is 3.94. The molecule has 7 heteroatoms. The lowest BCUT2D eigenvalue weighted by Gasteiger charge is -2.32. The van der Waals surface area contributed by atoms with Crippen molar-refractivity contribution in [3.8, 4) is 0 Å². The van der Waals surface area contributed by atoms with Crippen LogP contribution in [-0.4, -0.2) is 18.2 Å². The molecular weight excluding hydrogens is 343 g/mol. The molecule has 2 N–H and O–H groups in total. The Bertz CT molecular complexity index is 659. The van der Waals surface area contributed by atoms with Gasteiger partial charge in [0.2, 0.25) is 0 Å². The highest BCUT2D eigenvalue weighted by atomic mass is 35.5. The van der Waals surface area contributed by atoms with Gasteiger partial charge in [-0.3, -0.25) is 0 Å². The lowest BCUT2D eigenvalue weighted by atomic mass is 9.91. The molecule has 0 saturated carbocycles. The Morgan fingerprint density at radius 3 is 2.64 bits per heavy atom. The smallest absolute Gasteiger partial charge is 0.337 e. The number of benzene rings is 1. The summed E-state index contributed by atoms with van der Waals surface area (Å²) >= 11 is 17.6. The van der Waals surface area contributed by atoms with Crippen molar-refractivity contribution >= 4 is 46.5 Å². The second-order valence-corrected chi connectivity index (χ2v) is 6.34. The van der Waals surface area contributed by atoms with E-state index in [4.69, 9.17) is 40.2 Å². The molecule has 0 radical (unpaired) electrons. The van der Waals surface area contributed by atoms with Crippen molar-refractivity contribution in [3.05, 3.63) is 45.1 Å². The van der Waals surface area contributed by atoms with Crippen LogP contribution in [0.15, 0.2) is 29.5 Å². The summed E-state index contributed by atoms with van der Waals surface area (Å²) < 4.78 is 4.93. The Labute approximate surface area is 144 Å². The second kappa shape index (κ2) is 6.86. The van der Waals surface area contributed by atoms with Crippen molar-refractivity contribution in [2.24, 2.45) is 5.92 Å². The molecule has 1 aromatic carbocycles. The van der Waals surface area contributed by atoms with Crippen LogP contribution in [0.4, 0.5) is 0 Å². The number of hydrogen-bond donors (Lipinski definition) is 2. The maximum Gasteiger partial charge on any atom is 0.337 e. The number of halogens is 2. The molecule has 0 unspecified atom stereocenters. The van der Waals surface area contributed by atoms with Crippen molar-refractivity contribution in [1.82, 2.24) is 10.6 Å². The van der Waals surface area contributed by atoms with Gasteiger partial charge in [0.15, 0.2) is 5.11 Å². The van der Waals surface area contributed by atoms with Crippen molar-refractivity contribution < 1.29 is 9.53 Å². The number of methoxy groups -OCH3 is 1. The molecule has 0 bridgehead atoms. The summed E-state index contributed by atoms with van der Waals surface area (Å²) in [7, 11) is 1.34. The lowest BCUT2D eigenvalue weighted by Crippen LogP contribution is -2.47. The van der Waals surface area contributed by atoms with Crippen LogP contribution >= 0.6 is 35.4 Å². The predicted octanol–water partition coefficient (Wildman–Crippen LogP) is 3.60. The van der Waals surface area contributed by atoms with Crippen molar-refractivity contribution in [3.63, 3.8) is 0 Å². The fourth-order valence-corrected chi connectivity index (χ4v) is 3.00. The molecule has 0 spiro atoms. The molecule has 1 atom stereocenters. The van der Waals surface area contributed by atoms with Crippen LogP contribution in [0.5, 0.6) is 0 Å². The monoisotopic (exact) mass is 358 g/mol. The number of thiocarbonyl (C=S) groups is 1. The molecule has 2 rings (SSSR count). The Kier molecular flexibility index (Phi) is 5.32. The van der Waals surface area contributed by atoms with E-state index in [1.807, 2.05) is 13.8 Å². The van der Waals surface area contributed by atoms with Crippen LogP contribution in [0.1, 0.15) is 25.5 Å². The lowest BCUT2D eigenvalue weighted by molar-refractivity contribution is -0.136. The van der Waals surface area contributed by atoms with E-state index in [1.54, 1.807) is 18.2 Å². The van der Waals surface area contributed by atoms with E-state index in [9.17, 15) is 4.79 Å². The zero-order chi connectivity index (χ0) is 16.4. The topological polar surface area (TPSA) is 50.4 Å². The molecule has 0 aromatic heterocycles. The average molecular weight is 359 g/mol. The first kappa shape index (κ1) is 17.1. The Hall–Kier alpha value is -1.30. The number of rotatable bonds is 3. The number of esters is 1. The molecule has 0 aliphatic carbocycles. The first-order valence-corrected chi connectivity index (χ1v) is 7.87. The van der Waals surface area contributed by atoms with Gasteiger partial charge >= 0.3 is 5.97 Å². The van der Waals surface area contributed by atoms with E-state index >= 15 is 0 Å². The minimum absolute atomic E-state index is 0.0645. The minimum atomic E-state index is -0.509. The van der Waals surface area contributed by atoms with Crippen molar-refractivity contribution in [1.29, 1.82) is 0 Å². The minimum Gasteiger partial charge on any atom is -0.466 e. The molecule has 1 aliphatic rings. The Morgan fingerprint density at radius 1 is 1.36 bits per heavy atom. The van der Waals surface area contributed by atoms with E-state index in [-0.39, 0.29) is 5.92 Å². The van der Waals surface area contributed by atoms with E-state index < -0.39 is 12.0 Å². The molecule has 0 amide bonds. The van der Waals surface area contributed by atoms with Crippen molar-refractivity contribution in [2.75, 3.05) is 7.11 Å². The van der Waals surface area contributed by atoms with E-state index in [1.165, 1.54) is 7.11 Å². The van der Waals surface area contributed by atoms with Crippen LogP contribution in [-0.2, 0) is 9.53 Å². The van der Waals surface area contributed by atoms with Crippen LogP contribution < -0.4 is 10.6 Å². The molecule has 22 heavy (non-hydrogen) atoms. The number of hydrogen-bond acceptors (Lipinski definition) is 3. The maximum absolute atomic E-state index is 12.3. The average Bonchev–Trinajstić information content (AvgIpc) is 2.48. The first-order chi connectivity index (χ1) is 10.4. The molecular formula is C15H16Cl2N2O2S. The number of ether oxygens (including phenoxy) is 1. The molecule has 0 fully saturated rings. The zero-order valence-electron chi connectivity index (χ0n) is 12.4. The highest BCUT2D eigenvalue weighted by Crippen LogP contribution is 2.36. The van der Waals surface area contributed by atoms with E-state index in [0.29, 0.717) is 26.3 Å². The Morgan fingerprint density at radius 2 is 2.05 bits per heavy atom. The van der Waals surface area contributed by atoms with Gasteiger partial charge < -0.3 is 15.4 Å². The summed E-state index contributed by atoms with van der Waals surface area (Å²) in [4.78, 5) is 12.3. The summed E-state index contributed by atoms with van der Waals surface area (Å²) in [5.74, 6) is -0.373. The van der Waals surface area contributed by atoms with Crippen LogP contribution in [0.3, 0.4) is 0 Å². The third kappa shape index (κ3) is 3.21. The third-order valence-electron chi connectivity index (χ3n) is 3.38. The van der Waals surface area contributed by atoms with Crippen molar-refractivity contribution in [2.45, 2.75) is 19.9 Å². The summed E-state index contributed by atoms with van der Waals surface area (Å²) in [6.07, 6.45) is 0. The van der Waals surface area contributed by atoms with Crippen LogP contribution in [0.25, 0.3) is 0 Å². The number of carbonyl (C=O) groups is 1. The number of carbonyl (C=O) groups excluding carboxylic acids is 1. The summed E-state index contributed by atoms with van der Waals surface area (Å²) in [6, 6.07) is 4.77. The fraction of sp³-hybridized carbons (Fsp3) is 0.333. The highest BCUT2D eigenvalue weighted by molar-refractivity contribution is 7.80. The SMILES string of the molecule is COC(=O)C1=C(C(C)C)NC(=S)N[C@H]1c1cccc(Cl)c1Cl. The summed E-state index contributed by atoms with van der Waals surface area (Å²) in [5.41, 5.74) is 1.85.